The maximum absolute atomic E-state index is 12.8. The van der Waals surface area contributed by atoms with Crippen LogP contribution >= 0.6 is 0 Å². The Morgan fingerprint density at radius 1 is 1.33 bits per heavy atom. The van der Waals surface area contributed by atoms with Crippen LogP contribution in [0.4, 0.5) is 0 Å². The molecule has 2 aliphatic rings. The van der Waals surface area contributed by atoms with Gasteiger partial charge in [0.15, 0.2) is 0 Å². The fourth-order valence-electron chi connectivity index (χ4n) is 3.18. The predicted molar refractivity (Wildman–Crippen MR) is 76.2 cm³/mol. The number of carboxylic acids is 1. The molecule has 5 nitrogen and oxygen atoms in total. The second-order valence-electron chi connectivity index (χ2n) is 6.63. The van der Waals surface area contributed by atoms with Crippen LogP contribution in [0.3, 0.4) is 0 Å². The highest BCUT2D eigenvalue weighted by Crippen LogP contribution is 2.59. The Balaban J connectivity index is 1.76. The number of hydrogen-bond acceptors (Lipinski definition) is 3. The monoisotopic (exact) mass is 288 g/mol. The van der Waals surface area contributed by atoms with E-state index in [2.05, 4.69) is 4.98 Å². The Morgan fingerprint density at radius 3 is 2.52 bits per heavy atom. The van der Waals surface area contributed by atoms with Crippen molar-refractivity contribution in [3.8, 4) is 0 Å². The van der Waals surface area contributed by atoms with Crippen molar-refractivity contribution in [1.82, 2.24) is 9.88 Å². The van der Waals surface area contributed by atoms with Crippen molar-refractivity contribution in [3.63, 3.8) is 0 Å². The highest BCUT2D eigenvalue weighted by atomic mass is 16.4. The molecule has 0 aliphatic heterocycles. The standard InChI is InChI=1S/C16H20N2O3/c1-16(2)12(13(16)15(20)21)14(19)18(11-6-7-11)9-10-5-3-4-8-17-10/h3-5,8,11-13H,6-7,9H2,1-2H3,(H,20,21). The highest BCUT2D eigenvalue weighted by molar-refractivity contribution is 5.92. The first-order chi connectivity index (χ1) is 9.93. The molecule has 1 aromatic rings. The summed E-state index contributed by atoms with van der Waals surface area (Å²) in [5.41, 5.74) is 0.406. The summed E-state index contributed by atoms with van der Waals surface area (Å²) in [5, 5.41) is 9.25. The quantitative estimate of drug-likeness (QED) is 0.898. The number of hydrogen-bond donors (Lipinski definition) is 1. The van der Waals surface area contributed by atoms with E-state index < -0.39 is 23.2 Å². The zero-order valence-corrected chi connectivity index (χ0v) is 12.3. The molecule has 21 heavy (non-hydrogen) atoms. The summed E-state index contributed by atoms with van der Waals surface area (Å²) >= 11 is 0. The number of carbonyl (C=O) groups excluding carboxylic acids is 1. The molecule has 2 fully saturated rings. The summed E-state index contributed by atoms with van der Waals surface area (Å²) < 4.78 is 0. The van der Waals surface area contributed by atoms with Gasteiger partial charge >= 0.3 is 5.97 Å². The predicted octanol–water partition coefficient (Wildman–Crippen LogP) is 1.93. The number of rotatable bonds is 5. The smallest absolute Gasteiger partial charge is 0.307 e. The van der Waals surface area contributed by atoms with Crippen LogP contribution in [0.25, 0.3) is 0 Å². The molecule has 1 amide bonds. The SMILES string of the molecule is CC1(C)C(C(=O)O)C1C(=O)N(Cc1ccccn1)C1CC1. The molecule has 112 valence electrons. The first-order valence-corrected chi connectivity index (χ1v) is 7.36. The lowest BCUT2D eigenvalue weighted by Crippen LogP contribution is -2.35. The second-order valence-corrected chi connectivity index (χ2v) is 6.63. The fraction of sp³-hybridized carbons (Fsp3) is 0.562. The summed E-state index contributed by atoms with van der Waals surface area (Å²) in [4.78, 5) is 30.1. The Hall–Kier alpha value is -1.91. The molecule has 0 radical (unpaired) electrons. The number of pyridine rings is 1. The minimum absolute atomic E-state index is 0.0273. The van der Waals surface area contributed by atoms with Gasteiger partial charge in [-0.2, -0.15) is 0 Å². The van der Waals surface area contributed by atoms with Crippen LogP contribution in [0, 0.1) is 17.3 Å². The molecule has 0 bridgehead atoms. The summed E-state index contributed by atoms with van der Waals surface area (Å²) in [6.07, 6.45) is 3.72. The van der Waals surface area contributed by atoms with E-state index in [1.165, 1.54) is 0 Å². The molecule has 1 aromatic heterocycles. The Morgan fingerprint density at radius 2 is 2.05 bits per heavy atom. The molecular weight excluding hydrogens is 268 g/mol. The topological polar surface area (TPSA) is 70.5 Å². The van der Waals surface area contributed by atoms with Crippen LogP contribution in [-0.2, 0) is 16.1 Å². The third kappa shape index (κ3) is 2.52. The van der Waals surface area contributed by atoms with Crippen molar-refractivity contribution in [3.05, 3.63) is 30.1 Å². The summed E-state index contributed by atoms with van der Waals surface area (Å²) in [6, 6.07) is 5.90. The number of aromatic nitrogens is 1. The second kappa shape index (κ2) is 4.83. The molecule has 0 spiro atoms. The maximum Gasteiger partial charge on any atom is 0.307 e. The number of amides is 1. The molecule has 2 unspecified atom stereocenters. The van der Waals surface area contributed by atoms with Gasteiger partial charge in [0.1, 0.15) is 0 Å². The summed E-state index contributed by atoms with van der Waals surface area (Å²) in [7, 11) is 0. The van der Waals surface area contributed by atoms with Gasteiger partial charge in [0.2, 0.25) is 5.91 Å². The van der Waals surface area contributed by atoms with E-state index in [0.29, 0.717) is 6.54 Å². The van der Waals surface area contributed by atoms with Gasteiger partial charge in [-0.25, -0.2) is 0 Å². The lowest BCUT2D eigenvalue weighted by molar-refractivity contribution is -0.142. The van der Waals surface area contributed by atoms with E-state index in [1.807, 2.05) is 36.9 Å². The maximum atomic E-state index is 12.8. The minimum Gasteiger partial charge on any atom is -0.481 e. The summed E-state index contributed by atoms with van der Waals surface area (Å²) in [6.45, 7) is 4.20. The van der Waals surface area contributed by atoms with Crippen molar-refractivity contribution in [2.75, 3.05) is 0 Å². The van der Waals surface area contributed by atoms with Gasteiger partial charge in [-0.05, 0) is 30.4 Å². The number of carboxylic acid groups (broad SMARTS) is 1. The van der Waals surface area contributed by atoms with E-state index in [9.17, 15) is 14.7 Å². The zero-order chi connectivity index (χ0) is 15.2. The van der Waals surface area contributed by atoms with Crippen LogP contribution in [0.5, 0.6) is 0 Å². The molecule has 2 atom stereocenters. The van der Waals surface area contributed by atoms with E-state index in [0.717, 1.165) is 18.5 Å². The minimum atomic E-state index is -0.869. The third-order valence-electron chi connectivity index (χ3n) is 4.69. The normalized spacial score (nSPS) is 26.2. The van der Waals surface area contributed by atoms with E-state index in [-0.39, 0.29) is 11.9 Å². The Bertz CT molecular complexity index is 566. The zero-order valence-electron chi connectivity index (χ0n) is 12.3. The highest BCUT2D eigenvalue weighted by Gasteiger charge is 2.67. The van der Waals surface area contributed by atoms with Gasteiger partial charge in [0.05, 0.1) is 24.1 Å². The Kier molecular flexibility index (Phi) is 3.23. The van der Waals surface area contributed by atoms with Gasteiger partial charge in [-0.3, -0.25) is 14.6 Å². The number of nitrogens with zero attached hydrogens (tertiary/aromatic N) is 2. The number of carbonyl (C=O) groups is 2. The fourth-order valence-corrected chi connectivity index (χ4v) is 3.18. The molecule has 2 aliphatic carbocycles. The van der Waals surface area contributed by atoms with Crippen molar-refractivity contribution in [1.29, 1.82) is 0 Å². The molecule has 3 rings (SSSR count). The molecule has 0 aromatic carbocycles. The van der Waals surface area contributed by atoms with Crippen molar-refractivity contribution < 1.29 is 14.7 Å². The largest absolute Gasteiger partial charge is 0.481 e. The van der Waals surface area contributed by atoms with E-state index >= 15 is 0 Å². The lowest BCUT2D eigenvalue weighted by Gasteiger charge is -2.23. The van der Waals surface area contributed by atoms with Crippen LogP contribution in [0.2, 0.25) is 0 Å². The molecule has 1 N–H and O–H groups in total. The van der Waals surface area contributed by atoms with Crippen LogP contribution in [0.1, 0.15) is 32.4 Å². The first-order valence-electron chi connectivity index (χ1n) is 7.36. The lowest BCUT2D eigenvalue weighted by atomic mass is 10.1. The molecule has 1 heterocycles. The first kappa shape index (κ1) is 14.0. The Labute approximate surface area is 124 Å². The van der Waals surface area contributed by atoms with Crippen molar-refractivity contribution in [2.24, 2.45) is 17.3 Å². The average Bonchev–Trinajstić information content (AvgIpc) is 3.32. The van der Waals surface area contributed by atoms with Crippen LogP contribution in [0.15, 0.2) is 24.4 Å². The van der Waals surface area contributed by atoms with Crippen molar-refractivity contribution in [2.45, 2.75) is 39.3 Å². The summed E-state index contributed by atoms with van der Waals surface area (Å²) in [5.74, 6) is -1.86. The molecule has 5 heteroatoms. The van der Waals surface area contributed by atoms with Gasteiger partial charge in [0.25, 0.3) is 0 Å². The average molecular weight is 288 g/mol. The van der Waals surface area contributed by atoms with Gasteiger partial charge in [-0.1, -0.05) is 19.9 Å². The van der Waals surface area contributed by atoms with E-state index in [4.69, 9.17) is 0 Å². The van der Waals surface area contributed by atoms with Gasteiger partial charge in [-0.15, -0.1) is 0 Å². The number of aliphatic carboxylic acids is 1. The molecule has 0 saturated heterocycles. The molecule has 2 saturated carbocycles. The van der Waals surface area contributed by atoms with Crippen LogP contribution < -0.4 is 0 Å². The third-order valence-corrected chi connectivity index (χ3v) is 4.69. The van der Waals surface area contributed by atoms with Gasteiger partial charge in [0, 0.05) is 12.2 Å². The van der Waals surface area contributed by atoms with Gasteiger partial charge < -0.3 is 10.0 Å². The van der Waals surface area contributed by atoms with Crippen molar-refractivity contribution >= 4 is 11.9 Å². The van der Waals surface area contributed by atoms with E-state index in [1.54, 1.807) is 6.20 Å². The van der Waals surface area contributed by atoms with Crippen LogP contribution in [-0.4, -0.2) is 32.9 Å². The molecular formula is C16H20N2O3.